The lowest BCUT2D eigenvalue weighted by molar-refractivity contribution is -0.134. The number of hydrogen-bond acceptors (Lipinski definition) is 4. The second-order valence-corrected chi connectivity index (χ2v) is 7.76. The summed E-state index contributed by atoms with van der Waals surface area (Å²) in [4.78, 5) is 41.6. The van der Waals surface area contributed by atoms with E-state index in [-0.39, 0.29) is 5.91 Å². The number of para-hydroxylation sites is 1. The van der Waals surface area contributed by atoms with E-state index in [9.17, 15) is 14.4 Å². The normalized spacial score (nSPS) is 13.4. The Hall–Kier alpha value is -3.88. The topological polar surface area (TPSA) is 129 Å². The van der Waals surface area contributed by atoms with Gasteiger partial charge in [-0.05, 0) is 26.8 Å². The molecule has 1 aliphatic rings. The van der Waals surface area contributed by atoms with E-state index >= 15 is 0 Å². The van der Waals surface area contributed by atoms with Crippen molar-refractivity contribution in [3.63, 3.8) is 0 Å². The zero-order valence-electron chi connectivity index (χ0n) is 18.2. The van der Waals surface area contributed by atoms with Crippen molar-refractivity contribution in [3.05, 3.63) is 65.4 Å². The van der Waals surface area contributed by atoms with Crippen molar-refractivity contribution in [2.24, 2.45) is 0 Å². The number of hydrogen-bond donors (Lipinski definition) is 3. The first-order valence-corrected chi connectivity index (χ1v) is 10.2. The maximum Gasteiger partial charge on any atom is 0.328 e. The third kappa shape index (κ3) is 4.72. The lowest BCUT2D eigenvalue weighted by Crippen LogP contribution is -2.37. The minimum Gasteiger partial charge on any atom is -0.478 e. The number of imidazole rings is 1. The van der Waals surface area contributed by atoms with E-state index in [4.69, 9.17) is 10.2 Å². The third-order valence-electron chi connectivity index (χ3n) is 5.29. The molecule has 0 atom stereocenters. The number of carboxylic acids is 2. The van der Waals surface area contributed by atoms with Crippen LogP contribution in [0.25, 0.3) is 10.9 Å². The van der Waals surface area contributed by atoms with Gasteiger partial charge in [0.25, 0.3) is 5.91 Å². The fourth-order valence-electron chi connectivity index (χ4n) is 3.91. The average Bonchev–Trinajstić information content (AvgIpc) is 3.30. The van der Waals surface area contributed by atoms with Gasteiger partial charge in [-0.1, -0.05) is 18.2 Å². The Bertz CT molecular complexity index is 1170. The van der Waals surface area contributed by atoms with Crippen LogP contribution in [0.2, 0.25) is 0 Å². The van der Waals surface area contributed by atoms with E-state index in [1.54, 1.807) is 6.33 Å². The molecule has 0 unspecified atom stereocenters. The highest BCUT2D eigenvalue weighted by atomic mass is 16.4. The van der Waals surface area contributed by atoms with Gasteiger partial charge >= 0.3 is 11.9 Å². The number of aromatic nitrogens is 3. The molecule has 4 rings (SSSR count). The molecule has 9 nitrogen and oxygen atoms in total. The largest absolute Gasteiger partial charge is 0.478 e. The van der Waals surface area contributed by atoms with Crippen LogP contribution in [-0.2, 0) is 22.6 Å². The number of aromatic amines is 1. The molecular formula is C23H26N4O5. The van der Waals surface area contributed by atoms with Gasteiger partial charge in [-0.2, -0.15) is 0 Å². The number of H-pyrrole nitrogens is 1. The molecule has 1 aromatic carbocycles. The first-order chi connectivity index (χ1) is 15.2. The molecule has 3 aromatic rings. The zero-order valence-corrected chi connectivity index (χ0v) is 18.2. The van der Waals surface area contributed by atoms with E-state index < -0.39 is 11.9 Å². The van der Waals surface area contributed by atoms with Crippen LogP contribution in [-0.4, -0.2) is 54.0 Å². The number of carbonyl (C=O) groups excluding carboxylic acids is 1. The summed E-state index contributed by atoms with van der Waals surface area (Å²) in [6, 6.07) is 8.57. The van der Waals surface area contributed by atoms with Gasteiger partial charge in [0, 0.05) is 53.5 Å². The Kier molecular flexibility index (Phi) is 6.77. The number of rotatable bonds is 5. The Labute approximate surface area is 185 Å². The van der Waals surface area contributed by atoms with Crippen LogP contribution >= 0.6 is 0 Å². The highest BCUT2D eigenvalue weighted by molar-refractivity contribution is 6.09. The molecule has 0 saturated carbocycles. The molecule has 0 spiro atoms. The standard InChI is InChI=1S/C19H22N4O.C4H4O4/c1-12(2)23-16-7-5-4-6-14(16)18-17(23)8-9-22(19(18)24)10-15-13(3)20-11-21-15;5-3(6)1-2-4(7)8/h4-7,11-12H,8-10H2,1-3H3,(H,20,21);1-2H,(H,5,6)(H,7,8). The molecule has 0 saturated heterocycles. The summed E-state index contributed by atoms with van der Waals surface area (Å²) in [5.41, 5.74) is 5.17. The third-order valence-corrected chi connectivity index (χ3v) is 5.29. The summed E-state index contributed by atoms with van der Waals surface area (Å²) >= 11 is 0. The molecule has 3 N–H and O–H groups in total. The Morgan fingerprint density at radius 2 is 1.84 bits per heavy atom. The minimum atomic E-state index is -1.26. The molecule has 2 aromatic heterocycles. The van der Waals surface area contributed by atoms with Gasteiger partial charge in [0.15, 0.2) is 0 Å². The summed E-state index contributed by atoms with van der Waals surface area (Å²) in [6.07, 6.45) is 3.69. The van der Waals surface area contributed by atoms with Gasteiger partial charge in [-0.15, -0.1) is 0 Å². The van der Waals surface area contributed by atoms with Crippen molar-refractivity contribution in [2.75, 3.05) is 6.54 Å². The van der Waals surface area contributed by atoms with Crippen LogP contribution in [0.4, 0.5) is 0 Å². The fraction of sp³-hybridized carbons (Fsp3) is 0.304. The number of carboxylic acid groups (broad SMARTS) is 2. The monoisotopic (exact) mass is 438 g/mol. The molecule has 1 aliphatic heterocycles. The quantitative estimate of drug-likeness (QED) is 0.525. The van der Waals surface area contributed by atoms with Crippen molar-refractivity contribution in [1.82, 2.24) is 19.4 Å². The van der Waals surface area contributed by atoms with Gasteiger partial charge in [-0.25, -0.2) is 14.6 Å². The van der Waals surface area contributed by atoms with Crippen LogP contribution < -0.4 is 0 Å². The number of benzene rings is 1. The molecule has 32 heavy (non-hydrogen) atoms. The van der Waals surface area contributed by atoms with Crippen molar-refractivity contribution in [2.45, 2.75) is 39.8 Å². The highest BCUT2D eigenvalue weighted by Gasteiger charge is 2.31. The zero-order chi connectivity index (χ0) is 23.4. The second kappa shape index (κ2) is 9.51. The van der Waals surface area contributed by atoms with Crippen LogP contribution in [0.3, 0.4) is 0 Å². The summed E-state index contributed by atoms with van der Waals surface area (Å²) in [6.45, 7) is 7.65. The fourth-order valence-corrected chi connectivity index (χ4v) is 3.91. The lowest BCUT2D eigenvalue weighted by Gasteiger charge is -2.28. The predicted molar refractivity (Wildman–Crippen MR) is 119 cm³/mol. The van der Waals surface area contributed by atoms with Gasteiger partial charge in [0.05, 0.1) is 24.1 Å². The summed E-state index contributed by atoms with van der Waals surface area (Å²) in [5.74, 6) is -2.39. The minimum absolute atomic E-state index is 0.120. The van der Waals surface area contributed by atoms with Crippen LogP contribution in [0.5, 0.6) is 0 Å². The van der Waals surface area contributed by atoms with E-state index in [0.29, 0.717) is 24.7 Å². The Balaban J connectivity index is 0.000000312. The van der Waals surface area contributed by atoms with E-state index in [2.05, 4.69) is 40.5 Å². The number of carbonyl (C=O) groups is 3. The number of fused-ring (bicyclic) bond motifs is 3. The number of aryl methyl sites for hydroxylation is 1. The SMILES string of the molecule is Cc1[nH]cnc1CN1CCc2c(c3ccccc3n2C(C)C)C1=O.O=C(O)C=CC(=O)O. The molecule has 0 fully saturated rings. The molecule has 0 radical (unpaired) electrons. The molecule has 168 valence electrons. The van der Waals surface area contributed by atoms with Gasteiger partial charge in [0.2, 0.25) is 0 Å². The molecule has 1 amide bonds. The van der Waals surface area contributed by atoms with Crippen molar-refractivity contribution in [3.8, 4) is 0 Å². The van der Waals surface area contributed by atoms with Gasteiger partial charge in [-0.3, -0.25) is 4.79 Å². The summed E-state index contributed by atoms with van der Waals surface area (Å²) < 4.78 is 2.32. The van der Waals surface area contributed by atoms with Crippen LogP contribution in [0.15, 0.2) is 42.7 Å². The smallest absolute Gasteiger partial charge is 0.328 e. The number of nitrogens with zero attached hydrogens (tertiary/aromatic N) is 3. The summed E-state index contributed by atoms with van der Waals surface area (Å²) in [5, 5.41) is 16.7. The average molecular weight is 438 g/mol. The van der Waals surface area contributed by atoms with E-state index in [1.165, 1.54) is 5.69 Å². The van der Waals surface area contributed by atoms with Crippen molar-refractivity contribution >= 4 is 28.7 Å². The van der Waals surface area contributed by atoms with Crippen molar-refractivity contribution in [1.29, 1.82) is 0 Å². The molecule has 0 aliphatic carbocycles. The van der Waals surface area contributed by atoms with Crippen LogP contribution in [0.1, 0.15) is 47.3 Å². The summed E-state index contributed by atoms with van der Waals surface area (Å²) in [7, 11) is 0. The first-order valence-electron chi connectivity index (χ1n) is 10.2. The van der Waals surface area contributed by atoms with E-state index in [1.807, 2.05) is 24.0 Å². The lowest BCUT2D eigenvalue weighted by atomic mass is 10.0. The van der Waals surface area contributed by atoms with Crippen molar-refractivity contribution < 1.29 is 24.6 Å². The Morgan fingerprint density at radius 3 is 2.41 bits per heavy atom. The highest BCUT2D eigenvalue weighted by Crippen LogP contribution is 2.33. The molecule has 3 heterocycles. The first kappa shape index (κ1) is 22.8. The van der Waals surface area contributed by atoms with Crippen LogP contribution in [0, 0.1) is 6.92 Å². The molecule has 9 heteroatoms. The Morgan fingerprint density at radius 1 is 1.19 bits per heavy atom. The van der Waals surface area contributed by atoms with Gasteiger partial charge in [0.1, 0.15) is 0 Å². The number of nitrogens with one attached hydrogen (secondary N) is 1. The number of amides is 1. The second-order valence-electron chi connectivity index (χ2n) is 7.76. The number of aliphatic carboxylic acids is 2. The van der Waals surface area contributed by atoms with E-state index in [0.717, 1.165) is 40.8 Å². The maximum atomic E-state index is 13.2. The molecule has 0 bridgehead atoms. The maximum absolute atomic E-state index is 13.2. The predicted octanol–water partition coefficient (Wildman–Crippen LogP) is 3.16. The van der Waals surface area contributed by atoms with Gasteiger partial charge < -0.3 is 24.7 Å². The molecular weight excluding hydrogens is 412 g/mol.